The summed E-state index contributed by atoms with van der Waals surface area (Å²) in [5.74, 6) is -0.544. The van der Waals surface area contributed by atoms with Crippen LogP contribution in [-0.2, 0) is 21.0 Å². The molecule has 0 aliphatic heterocycles. The average Bonchev–Trinajstić information content (AvgIpc) is 2.33. The van der Waals surface area contributed by atoms with Crippen LogP contribution >= 0.6 is 0 Å². The Bertz CT molecular complexity index is 627. The zero-order valence-electron chi connectivity index (χ0n) is 11.7. The van der Waals surface area contributed by atoms with Gasteiger partial charge in [0.25, 0.3) is 0 Å². The molecule has 0 aromatic heterocycles. The first-order valence-corrected chi connectivity index (χ1v) is 7.63. The molecule has 1 aromatic rings. The molecule has 0 radical (unpaired) electrons. The van der Waals surface area contributed by atoms with Gasteiger partial charge in [0.05, 0.1) is 17.5 Å². The van der Waals surface area contributed by atoms with Gasteiger partial charge in [0.15, 0.2) is 0 Å². The third-order valence-electron chi connectivity index (χ3n) is 2.64. The molecule has 0 unspecified atom stereocenters. The second-order valence-electron chi connectivity index (χ2n) is 4.61. The molecular formula is C12H15F3N2O3S. The molecule has 0 aliphatic carbocycles. The molecule has 0 saturated heterocycles. The summed E-state index contributed by atoms with van der Waals surface area (Å²) in [6.07, 6.45) is -3.76. The summed E-state index contributed by atoms with van der Waals surface area (Å²) in [5.41, 5.74) is -1.19. The highest BCUT2D eigenvalue weighted by molar-refractivity contribution is 7.92. The fourth-order valence-electron chi connectivity index (χ4n) is 1.50. The van der Waals surface area contributed by atoms with Gasteiger partial charge in [-0.3, -0.25) is 9.10 Å². The number of carbonyl (C=O) groups is 1. The molecule has 21 heavy (non-hydrogen) atoms. The van der Waals surface area contributed by atoms with Gasteiger partial charge in [-0.25, -0.2) is 8.42 Å². The Balaban J connectivity index is 3.26. The number of nitrogens with zero attached hydrogens (tertiary/aromatic N) is 2. The molecule has 9 heteroatoms. The first kappa shape index (κ1) is 17.3. The number of amides is 1. The molecule has 0 heterocycles. The molecule has 0 saturated carbocycles. The number of alkyl halides is 3. The Labute approximate surface area is 121 Å². The van der Waals surface area contributed by atoms with Crippen LogP contribution in [0.4, 0.5) is 18.9 Å². The van der Waals surface area contributed by atoms with Crippen molar-refractivity contribution in [2.75, 3.05) is 31.2 Å². The summed E-state index contributed by atoms with van der Waals surface area (Å²) in [7, 11) is -1.04. The molecule has 0 aliphatic rings. The summed E-state index contributed by atoms with van der Waals surface area (Å²) >= 11 is 0. The lowest BCUT2D eigenvalue weighted by Crippen LogP contribution is -2.40. The molecule has 1 aromatic carbocycles. The minimum Gasteiger partial charge on any atom is -0.347 e. The third kappa shape index (κ3) is 4.62. The van der Waals surface area contributed by atoms with Crippen molar-refractivity contribution < 1.29 is 26.4 Å². The van der Waals surface area contributed by atoms with Crippen LogP contribution < -0.4 is 4.31 Å². The zero-order chi connectivity index (χ0) is 16.4. The first-order valence-electron chi connectivity index (χ1n) is 5.78. The van der Waals surface area contributed by atoms with Crippen LogP contribution in [0.2, 0.25) is 0 Å². The predicted molar refractivity (Wildman–Crippen MR) is 72.3 cm³/mol. The van der Waals surface area contributed by atoms with E-state index in [9.17, 15) is 26.4 Å². The van der Waals surface area contributed by atoms with Crippen LogP contribution in [0, 0.1) is 0 Å². The van der Waals surface area contributed by atoms with Crippen LogP contribution in [0.25, 0.3) is 0 Å². The van der Waals surface area contributed by atoms with Crippen molar-refractivity contribution >= 4 is 21.6 Å². The maximum absolute atomic E-state index is 12.7. The maximum atomic E-state index is 12.7. The van der Waals surface area contributed by atoms with E-state index in [0.29, 0.717) is 10.4 Å². The number of hydrogen-bond acceptors (Lipinski definition) is 3. The summed E-state index contributed by atoms with van der Waals surface area (Å²) in [5, 5.41) is 0. The lowest BCUT2D eigenvalue weighted by molar-refractivity contribution is -0.137. The van der Waals surface area contributed by atoms with E-state index >= 15 is 0 Å². The largest absolute Gasteiger partial charge is 0.416 e. The van der Waals surface area contributed by atoms with Gasteiger partial charge in [0.2, 0.25) is 15.9 Å². The van der Waals surface area contributed by atoms with Crippen molar-refractivity contribution in [3.05, 3.63) is 29.8 Å². The molecule has 0 N–H and O–H groups in total. The van der Waals surface area contributed by atoms with E-state index in [1.165, 1.54) is 20.2 Å². The number of anilines is 1. The van der Waals surface area contributed by atoms with E-state index < -0.39 is 34.2 Å². The van der Waals surface area contributed by atoms with E-state index in [1.807, 2.05) is 0 Å². The van der Waals surface area contributed by atoms with E-state index in [-0.39, 0.29) is 5.69 Å². The smallest absolute Gasteiger partial charge is 0.347 e. The van der Waals surface area contributed by atoms with Gasteiger partial charge in [-0.15, -0.1) is 0 Å². The van der Waals surface area contributed by atoms with Gasteiger partial charge in [0.1, 0.15) is 6.54 Å². The molecule has 1 rings (SSSR count). The van der Waals surface area contributed by atoms with Crippen LogP contribution in [0.5, 0.6) is 0 Å². The Morgan fingerprint density at radius 3 is 2.24 bits per heavy atom. The molecule has 0 atom stereocenters. The van der Waals surface area contributed by atoms with Crippen molar-refractivity contribution in [1.82, 2.24) is 4.90 Å². The lowest BCUT2D eigenvalue weighted by Gasteiger charge is -2.24. The molecule has 5 nitrogen and oxygen atoms in total. The molecular weight excluding hydrogens is 309 g/mol. The number of benzene rings is 1. The fraction of sp³-hybridized carbons (Fsp3) is 0.417. The second-order valence-corrected chi connectivity index (χ2v) is 6.51. The van der Waals surface area contributed by atoms with Crippen LogP contribution in [0.3, 0.4) is 0 Å². The van der Waals surface area contributed by atoms with Gasteiger partial charge in [-0.05, 0) is 18.2 Å². The number of hydrogen-bond donors (Lipinski definition) is 0. The van der Waals surface area contributed by atoms with Crippen molar-refractivity contribution in [2.45, 2.75) is 6.18 Å². The Morgan fingerprint density at radius 1 is 1.24 bits per heavy atom. The fourth-order valence-corrected chi connectivity index (χ4v) is 2.34. The van der Waals surface area contributed by atoms with Gasteiger partial charge in [-0.2, -0.15) is 13.2 Å². The van der Waals surface area contributed by atoms with Crippen molar-refractivity contribution in [2.24, 2.45) is 0 Å². The van der Waals surface area contributed by atoms with Crippen molar-refractivity contribution in [3.63, 3.8) is 0 Å². The zero-order valence-corrected chi connectivity index (χ0v) is 12.5. The van der Waals surface area contributed by atoms with Crippen molar-refractivity contribution in [1.29, 1.82) is 0 Å². The maximum Gasteiger partial charge on any atom is 0.416 e. The highest BCUT2D eigenvalue weighted by Crippen LogP contribution is 2.32. The van der Waals surface area contributed by atoms with Gasteiger partial charge in [-0.1, -0.05) is 6.07 Å². The Morgan fingerprint density at radius 2 is 1.81 bits per heavy atom. The average molecular weight is 324 g/mol. The number of likely N-dealkylation sites (N-methyl/N-ethyl adjacent to an activating group) is 1. The number of carbonyl (C=O) groups excluding carboxylic acids is 1. The van der Waals surface area contributed by atoms with Crippen LogP contribution in [-0.4, -0.2) is 46.1 Å². The number of halogens is 3. The minimum atomic E-state index is -4.59. The lowest BCUT2D eigenvalue weighted by atomic mass is 10.2. The van der Waals surface area contributed by atoms with E-state index in [4.69, 9.17) is 0 Å². The van der Waals surface area contributed by atoms with Crippen LogP contribution in [0.1, 0.15) is 5.56 Å². The number of sulfonamides is 1. The monoisotopic (exact) mass is 324 g/mol. The van der Waals surface area contributed by atoms with Crippen LogP contribution in [0.15, 0.2) is 24.3 Å². The molecule has 0 fully saturated rings. The van der Waals surface area contributed by atoms with Gasteiger partial charge in [0, 0.05) is 14.1 Å². The van der Waals surface area contributed by atoms with Gasteiger partial charge < -0.3 is 4.90 Å². The topological polar surface area (TPSA) is 57.7 Å². The van der Waals surface area contributed by atoms with Crippen molar-refractivity contribution in [3.8, 4) is 0 Å². The van der Waals surface area contributed by atoms with E-state index in [1.54, 1.807) is 0 Å². The predicted octanol–water partition coefficient (Wildman–Crippen LogP) is 1.56. The summed E-state index contributed by atoms with van der Waals surface area (Å²) in [6.45, 7) is -0.562. The summed E-state index contributed by atoms with van der Waals surface area (Å²) in [4.78, 5) is 12.8. The minimum absolute atomic E-state index is 0.206. The van der Waals surface area contributed by atoms with E-state index in [2.05, 4.69) is 0 Å². The standard InChI is InChI=1S/C12H15F3N2O3S/c1-16(2)11(18)8-17(21(3,19)20)10-6-4-5-9(7-10)12(13,14)15/h4-7H,8H2,1-3H3. The first-order chi connectivity index (χ1) is 9.43. The third-order valence-corrected chi connectivity index (χ3v) is 3.78. The number of rotatable bonds is 4. The second kappa shape index (κ2) is 5.92. The SMILES string of the molecule is CN(C)C(=O)CN(c1cccc(C(F)(F)F)c1)S(C)(=O)=O. The highest BCUT2D eigenvalue weighted by atomic mass is 32.2. The molecule has 118 valence electrons. The summed E-state index contributed by atoms with van der Waals surface area (Å²) < 4.78 is 62.1. The van der Waals surface area contributed by atoms with E-state index in [0.717, 1.165) is 23.3 Å². The highest BCUT2D eigenvalue weighted by Gasteiger charge is 2.32. The normalized spacial score (nSPS) is 12.1. The molecule has 0 bridgehead atoms. The summed E-state index contributed by atoms with van der Waals surface area (Å²) in [6, 6.07) is 3.83. The van der Waals surface area contributed by atoms with Gasteiger partial charge >= 0.3 is 6.18 Å². The molecule has 0 spiro atoms. The quantitative estimate of drug-likeness (QED) is 0.844. The Kier molecular flexibility index (Phi) is 4.87. The molecule has 1 amide bonds. The Hall–Kier alpha value is -1.77.